The SMILES string of the molecule is CC1(C)CC1C(Cl)Cc1ccccc1F. The Kier molecular flexibility index (Phi) is 2.76. The van der Waals surface area contributed by atoms with Crippen molar-refractivity contribution in [2.24, 2.45) is 11.3 Å². The van der Waals surface area contributed by atoms with Gasteiger partial charge in [0.1, 0.15) is 5.82 Å². The van der Waals surface area contributed by atoms with E-state index in [2.05, 4.69) is 13.8 Å². The number of alkyl halides is 1. The van der Waals surface area contributed by atoms with Crippen molar-refractivity contribution >= 4 is 11.6 Å². The van der Waals surface area contributed by atoms with E-state index >= 15 is 0 Å². The fourth-order valence-corrected chi connectivity index (χ4v) is 2.74. The van der Waals surface area contributed by atoms with E-state index < -0.39 is 0 Å². The van der Waals surface area contributed by atoms with Crippen LogP contribution in [0.15, 0.2) is 24.3 Å². The average Bonchev–Trinajstić information content (AvgIpc) is 2.79. The molecule has 1 aliphatic carbocycles. The van der Waals surface area contributed by atoms with Crippen molar-refractivity contribution in [2.45, 2.75) is 32.1 Å². The van der Waals surface area contributed by atoms with E-state index in [0.29, 0.717) is 17.8 Å². The highest BCUT2D eigenvalue weighted by Crippen LogP contribution is 2.55. The van der Waals surface area contributed by atoms with Crippen LogP contribution in [0.25, 0.3) is 0 Å². The average molecular weight is 227 g/mol. The van der Waals surface area contributed by atoms with Gasteiger partial charge in [-0.3, -0.25) is 0 Å². The highest BCUT2D eigenvalue weighted by Gasteiger charge is 2.49. The molecule has 1 aromatic carbocycles. The molecule has 0 aromatic heterocycles. The maximum atomic E-state index is 13.4. The second kappa shape index (κ2) is 3.79. The zero-order valence-electron chi connectivity index (χ0n) is 9.13. The van der Waals surface area contributed by atoms with Crippen LogP contribution in [0.1, 0.15) is 25.8 Å². The van der Waals surface area contributed by atoms with Crippen LogP contribution in [0.5, 0.6) is 0 Å². The van der Waals surface area contributed by atoms with Gasteiger partial charge in [-0.15, -0.1) is 11.6 Å². The molecule has 0 spiro atoms. The third-order valence-electron chi connectivity index (χ3n) is 3.40. The van der Waals surface area contributed by atoms with Crippen molar-refractivity contribution in [3.8, 4) is 0 Å². The lowest BCUT2D eigenvalue weighted by atomic mass is 10.0. The third kappa shape index (κ3) is 2.34. The van der Waals surface area contributed by atoms with Crippen LogP contribution in [0, 0.1) is 17.2 Å². The molecule has 2 atom stereocenters. The summed E-state index contributed by atoms with van der Waals surface area (Å²) in [5, 5.41) is 0.0666. The summed E-state index contributed by atoms with van der Waals surface area (Å²) in [5.41, 5.74) is 1.10. The quantitative estimate of drug-likeness (QED) is 0.683. The van der Waals surface area contributed by atoms with E-state index in [1.54, 1.807) is 6.07 Å². The van der Waals surface area contributed by atoms with Crippen LogP contribution in [0.3, 0.4) is 0 Å². The van der Waals surface area contributed by atoms with Gasteiger partial charge >= 0.3 is 0 Å². The van der Waals surface area contributed by atoms with Gasteiger partial charge in [0.2, 0.25) is 0 Å². The smallest absolute Gasteiger partial charge is 0.126 e. The number of benzene rings is 1. The normalized spacial score (nSPS) is 24.9. The minimum absolute atomic E-state index is 0.0666. The molecular formula is C13H16ClF. The molecule has 15 heavy (non-hydrogen) atoms. The van der Waals surface area contributed by atoms with E-state index in [0.717, 1.165) is 12.0 Å². The molecule has 0 amide bonds. The topological polar surface area (TPSA) is 0 Å². The summed E-state index contributed by atoms with van der Waals surface area (Å²) >= 11 is 6.30. The first-order valence-electron chi connectivity index (χ1n) is 5.38. The number of hydrogen-bond acceptors (Lipinski definition) is 0. The Morgan fingerprint density at radius 1 is 1.47 bits per heavy atom. The Morgan fingerprint density at radius 2 is 2.07 bits per heavy atom. The van der Waals surface area contributed by atoms with Crippen LogP contribution >= 0.6 is 11.6 Å². The summed E-state index contributed by atoms with van der Waals surface area (Å²) in [6, 6.07) is 6.89. The van der Waals surface area contributed by atoms with Crippen LogP contribution in [-0.2, 0) is 6.42 Å². The van der Waals surface area contributed by atoms with Gasteiger partial charge in [-0.25, -0.2) is 4.39 Å². The van der Waals surface area contributed by atoms with Gasteiger partial charge in [-0.1, -0.05) is 32.0 Å². The first-order valence-corrected chi connectivity index (χ1v) is 5.82. The fourth-order valence-electron chi connectivity index (χ4n) is 2.14. The maximum Gasteiger partial charge on any atom is 0.126 e. The molecule has 0 N–H and O–H groups in total. The molecule has 82 valence electrons. The first kappa shape index (κ1) is 10.9. The van der Waals surface area contributed by atoms with E-state index in [1.807, 2.05) is 12.1 Å². The molecule has 0 aliphatic heterocycles. The highest BCUT2D eigenvalue weighted by atomic mass is 35.5. The van der Waals surface area contributed by atoms with Crippen molar-refractivity contribution in [1.82, 2.24) is 0 Å². The maximum absolute atomic E-state index is 13.4. The second-order valence-corrected chi connectivity index (χ2v) is 5.67. The van der Waals surface area contributed by atoms with E-state index in [9.17, 15) is 4.39 Å². The van der Waals surface area contributed by atoms with E-state index in [-0.39, 0.29) is 11.2 Å². The third-order valence-corrected chi connectivity index (χ3v) is 3.86. The van der Waals surface area contributed by atoms with Gasteiger partial charge in [-0.2, -0.15) is 0 Å². The number of hydrogen-bond donors (Lipinski definition) is 0. The van der Waals surface area contributed by atoms with Gasteiger partial charge in [0.15, 0.2) is 0 Å². The molecule has 0 nitrogen and oxygen atoms in total. The summed E-state index contributed by atoms with van der Waals surface area (Å²) in [7, 11) is 0. The molecule has 0 bridgehead atoms. The van der Waals surface area contributed by atoms with E-state index in [4.69, 9.17) is 11.6 Å². The van der Waals surface area contributed by atoms with Crippen molar-refractivity contribution < 1.29 is 4.39 Å². The van der Waals surface area contributed by atoms with Gasteiger partial charge < -0.3 is 0 Å². The van der Waals surface area contributed by atoms with Gasteiger partial charge in [0, 0.05) is 5.38 Å². The molecular weight excluding hydrogens is 211 g/mol. The highest BCUT2D eigenvalue weighted by molar-refractivity contribution is 6.21. The lowest BCUT2D eigenvalue weighted by molar-refractivity contribution is 0.529. The van der Waals surface area contributed by atoms with Crippen molar-refractivity contribution in [3.05, 3.63) is 35.6 Å². The molecule has 0 heterocycles. The predicted molar refractivity (Wildman–Crippen MR) is 61.6 cm³/mol. The van der Waals surface area contributed by atoms with Crippen LogP contribution in [0.2, 0.25) is 0 Å². The van der Waals surface area contributed by atoms with E-state index in [1.165, 1.54) is 6.07 Å². The Labute approximate surface area is 95.4 Å². The molecule has 1 aromatic rings. The lowest BCUT2D eigenvalue weighted by Crippen LogP contribution is -2.11. The zero-order valence-corrected chi connectivity index (χ0v) is 9.89. The molecule has 2 unspecified atom stereocenters. The summed E-state index contributed by atoms with van der Waals surface area (Å²) in [4.78, 5) is 0. The minimum Gasteiger partial charge on any atom is -0.207 e. The monoisotopic (exact) mass is 226 g/mol. The van der Waals surface area contributed by atoms with Crippen molar-refractivity contribution in [1.29, 1.82) is 0 Å². The molecule has 2 heteroatoms. The number of halogens is 2. The van der Waals surface area contributed by atoms with Crippen LogP contribution < -0.4 is 0 Å². The molecule has 0 saturated heterocycles. The predicted octanol–water partition coefficient (Wildman–Crippen LogP) is 4.02. The summed E-state index contributed by atoms with van der Waals surface area (Å²) < 4.78 is 13.4. The van der Waals surface area contributed by atoms with Crippen molar-refractivity contribution in [3.63, 3.8) is 0 Å². The molecule has 1 fully saturated rings. The van der Waals surface area contributed by atoms with Crippen LogP contribution in [0.4, 0.5) is 4.39 Å². The summed E-state index contributed by atoms with van der Waals surface area (Å²) in [6.07, 6.45) is 1.80. The Bertz CT molecular complexity index is 359. The van der Waals surface area contributed by atoms with Crippen LogP contribution in [-0.4, -0.2) is 5.38 Å². The fraction of sp³-hybridized carbons (Fsp3) is 0.538. The largest absolute Gasteiger partial charge is 0.207 e. The lowest BCUT2D eigenvalue weighted by Gasteiger charge is -2.11. The van der Waals surface area contributed by atoms with Crippen molar-refractivity contribution in [2.75, 3.05) is 0 Å². The second-order valence-electron chi connectivity index (χ2n) is 5.11. The van der Waals surface area contributed by atoms with Gasteiger partial charge in [0.25, 0.3) is 0 Å². The summed E-state index contributed by atoms with van der Waals surface area (Å²) in [5.74, 6) is 0.403. The molecule has 0 radical (unpaired) electrons. The molecule has 2 rings (SSSR count). The standard InChI is InChI=1S/C13H16ClF/c1-13(2)8-10(13)11(14)7-9-5-3-4-6-12(9)15/h3-6,10-11H,7-8H2,1-2H3. The number of rotatable bonds is 3. The molecule has 1 aliphatic rings. The Balaban J connectivity index is 2.01. The van der Waals surface area contributed by atoms with Gasteiger partial charge in [-0.05, 0) is 35.8 Å². The van der Waals surface area contributed by atoms with Gasteiger partial charge in [0.05, 0.1) is 0 Å². The first-order chi connectivity index (χ1) is 7.00. The Morgan fingerprint density at radius 3 is 2.60 bits per heavy atom. The Hall–Kier alpha value is -0.560. The zero-order chi connectivity index (χ0) is 11.1. The minimum atomic E-state index is -0.137. The summed E-state index contributed by atoms with van der Waals surface area (Å²) in [6.45, 7) is 4.43. The molecule has 1 saturated carbocycles.